The van der Waals surface area contributed by atoms with Crippen molar-refractivity contribution in [2.45, 2.75) is 103 Å². The first-order chi connectivity index (χ1) is 15.8. The summed E-state index contributed by atoms with van der Waals surface area (Å²) in [6.07, 6.45) is 7.77. The molecule has 4 saturated carbocycles. The molecule has 4 nitrogen and oxygen atoms in total. The molecule has 0 radical (unpaired) electrons. The quantitative estimate of drug-likeness (QED) is 0.555. The van der Waals surface area contributed by atoms with Gasteiger partial charge in [-0.3, -0.25) is 9.48 Å². The van der Waals surface area contributed by atoms with E-state index in [4.69, 9.17) is 0 Å². The first kappa shape index (κ1) is 24.3. The lowest BCUT2D eigenvalue weighted by Crippen LogP contribution is -2.51. The van der Waals surface area contributed by atoms with Crippen LogP contribution in [0, 0.1) is 40.4 Å². The normalized spacial score (nSPS) is 44.6. The number of Topliss-reactive ketones (excluding diaryl/α,β-unsaturated/α-hetero) is 1. The van der Waals surface area contributed by atoms with Crippen LogP contribution in [0.1, 0.15) is 90.5 Å². The molecular weight excluding hydrogens is 441 g/mol. The minimum Gasteiger partial charge on any atom is -0.390 e. The van der Waals surface area contributed by atoms with Crippen molar-refractivity contribution >= 4 is 5.78 Å². The molecule has 0 amide bonds. The minimum absolute atomic E-state index is 0.0340. The van der Waals surface area contributed by atoms with Crippen LogP contribution in [0.4, 0.5) is 13.2 Å². The summed E-state index contributed by atoms with van der Waals surface area (Å²) >= 11 is 0. The van der Waals surface area contributed by atoms with Crippen molar-refractivity contribution in [3.63, 3.8) is 0 Å². The van der Waals surface area contributed by atoms with Crippen LogP contribution in [0.3, 0.4) is 0 Å². The molecule has 1 aromatic rings. The van der Waals surface area contributed by atoms with Gasteiger partial charge in [0.25, 0.3) is 0 Å². The van der Waals surface area contributed by atoms with Gasteiger partial charge in [0.1, 0.15) is 0 Å². The Labute approximate surface area is 200 Å². The SMILES string of the molecule is C[C@@]1(O)CC[C@@]2(C)[C@@H](CCC[C@H]3[C@@H]2CC[C@]2(C)[C@@H](C(=O)Cn4cc(C(F)(F)F)cn4)CC[C@@H]32)C1. The van der Waals surface area contributed by atoms with Gasteiger partial charge in [-0.2, -0.15) is 18.3 Å². The molecule has 1 N–H and O–H groups in total. The summed E-state index contributed by atoms with van der Waals surface area (Å²) in [5, 5.41) is 14.6. The number of carbonyl (C=O) groups is 1. The number of carbonyl (C=O) groups excluding carboxylic acids is 1. The molecule has 0 unspecified atom stereocenters. The Morgan fingerprint density at radius 2 is 1.79 bits per heavy atom. The minimum atomic E-state index is -4.44. The maximum Gasteiger partial charge on any atom is 0.419 e. The monoisotopic (exact) mass is 480 g/mol. The Balaban J connectivity index is 1.34. The summed E-state index contributed by atoms with van der Waals surface area (Å²) < 4.78 is 40.0. The van der Waals surface area contributed by atoms with E-state index in [-0.39, 0.29) is 29.1 Å². The third-order valence-electron chi connectivity index (χ3n) is 10.9. The summed E-state index contributed by atoms with van der Waals surface area (Å²) in [5.41, 5.74) is -1.16. The number of hydrogen-bond donors (Lipinski definition) is 1. The van der Waals surface area contributed by atoms with E-state index >= 15 is 0 Å². The zero-order valence-corrected chi connectivity index (χ0v) is 20.7. The van der Waals surface area contributed by atoms with Gasteiger partial charge in [-0.1, -0.05) is 20.3 Å². The number of nitrogens with zero attached hydrogens (tertiary/aromatic N) is 2. The molecule has 34 heavy (non-hydrogen) atoms. The molecule has 190 valence electrons. The third kappa shape index (κ3) is 3.94. The first-order valence-electron chi connectivity index (χ1n) is 13.2. The van der Waals surface area contributed by atoms with E-state index in [0.29, 0.717) is 23.7 Å². The Morgan fingerprint density at radius 3 is 2.50 bits per heavy atom. The molecule has 0 bridgehead atoms. The van der Waals surface area contributed by atoms with Crippen molar-refractivity contribution in [2.75, 3.05) is 0 Å². The van der Waals surface area contributed by atoms with E-state index in [0.717, 1.165) is 57.3 Å². The number of ketones is 1. The average Bonchev–Trinajstić information content (AvgIpc) is 3.31. The average molecular weight is 481 g/mol. The fraction of sp³-hybridized carbons (Fsp3) is 0.852. The summed E-state index contributed by atoms with van der Waals surface area (Å²) in [6, 6.07) is 0. The molecule has 7 heteroatoms. The maximum absolute atomic E-state index is 13.4. The fourth-order valence-corrected chi connectivity index (χ4v) is 9.03. The van der Waals surface area contributed by atoms with Crippen LogP contribution in [0.5, 0.6) is 0 Å². The van der Waals surface area contributed by atoms with Gasteiger partial charge in [-0.25, -0.2) is 0 Å². The lowest BCUT2D eigenvalue weighted by atomic mass is 9.48. The molecule has 1 aromatic heterocycles. The van der Waals surface area contributed by atoms with E-state index in [1.165, 1.54) is 23.9 Å². The number of hydrogen-bond acceptors (Lipinski definition) is 3. The predicted molar refractivity (Wildman–Crippen MR) is 123 cm³/mol. The van der Waals surface area contributed by atoms with Crippen LogP contribution in [0.25, 0.3) is 0 Å². The van der Waals surface area contributed by atoms with Gasteiger partial charge in [-0.15, -0.1) is 0 Å². The van der Waals surface area contributed by atoms with Gasteiger partial charge >= 0.3 is 6.18 Å². The lowest BCUT2D eigenvalue weighted by Gasteiger charge is -2.57. The van der Waals surface area contributed by atoms with Crippen molar-refractivity contribution in [1.29, 1.82) is 0 Å². The van der Waals surface area contributed by atoms with Crippen LogP contribution in [-0.4, -0.2) is 26.3 Å². The Morgan fingerprint density at radius 1 is 1.06 bits per heavy atom. The van der Waals surface area contributed by atoms with Gasteiger partial charge in [0, 0.05) is 12.1 Å². The molecule has 4 aliphatic rings. The van der Waals surface area contributed by atoms with Gasteiger partial charge in [-0.05, 0) is 99.2 Å². The molecule has 4 aliphatic carbocycles. The van der Waals surface area contributed by atoms with E-state index in [9.17, 15) is 23.1 Å². The van der Waals surface area contributed by atoms with E-state index in [1.54, 1.807) is 0 Å². The topological polar surface area (TPSA) is 55.1 Å². The Kier molecular flexibility index (Phi) is 5.78. The number of aliphatic hydroxyl groups is 1. The van der Waals surface area contributed by atoms with Crippen LogP contribution in [0.2, 0.25) is 0 Å². The molecule has 5 rings (SSSR count). The van der Waals surface area contributed by atoms with E-state index < -0.39 is 17.3 Å². The highest BCUT2D eigenvalue weighted by atomic mass is 19.4. The molecule has 0 spiro atoms. The highest BCUT2D eigenvalue weighted by Gasteiger charge is 2.60. The van der Waals surface area contributed by atoms with Crippen molar-refractivity contribution in [2.24, 2.45) is 40.4 Å². The van der Waals surface area contributed by atoms with Crippen molar-refractivity contribution in [1.82, 2.24) is 9.78 Å². The number of alkyl halides is 3. The molecule has 8 atom stereocenters. The van der Waals surface area contributed by atoms with Crippen molar-refractivity contribution < 1.29 is 23.1 Å². The first-order valence-corrected chi connectivity index (χ1v) is 13.2. The van der Waals surface area contributed by atoms with E-state index in [1.807, 2.05) is 6.92 Å². The Hall–Kier alpha value is -1.37. The van der Waals surface area contributed by atoms with Gasteiger partial charge < -0.3 is 5.11 Å². The van der Waals surface area contributed by atoms with Gasteiger partial charge in [0.05, 0.1) is 23.9 Å². The standard InChI is InChI=1S/C27H39F3N2O2/c1-24(34)11-12-25(2)17(13-24)5-4-6-19-20-7-8-22(26(20,3)10-9-21(19)25)23(33)16-32-15-18(14-31-32)27(28,29)30/h14-15,17,19-22,34H,4-13,16H2,1-3H3/t17-,19+,20-,21-,22+,24+,25-,26-/m0/s1. The van der Waals surface area contributed by atoms with E-state index in [2.05, 4.69) is 18.9 Å². The van der Waals surface area contributed by atoms with Crippen LogP contribution in [-0.2, 0) is 17.5 Å². The number of fused-ring (bicyclic) bond motifs is 5. The van der Waals surface area contributed by atoms with Gasteiger partial charge in [0.15, 0.2) is 5.78 Å². The molecule has 1 heterocycles. The van der Waals surface area contributed by atoms with Gasteiger partial charge in [0.2, 0.25) is 0 Å². The second-order valence-electron chi connectivity index (χ2n) is 12.8. The second-order valence-corrected chi connectivity index (χ2v) is 12.8. The summed E-state index contributed by atoms with van der Waals surface area (Å²) in [4.78, 5) is 13.4. The second kappa shape index (κ2) is 8.07. The molecular formula is C27H39F3N2O2. The number of rotatable bonds is 3. The summed E-state index contributed by atoms with van der Waals surface area (Å²) in [7, 11) is 0. The van der Waals surface area contributed by atoms with Crippen LogP contribution in [0.15, 0.2) is 12.4 Å². The zero-order chi connectivity index (χ0) is 24.5. The predicted octanol–water partition coefficient (Wildman–Crippen LogP) is 6.27. The highest BCUT2D eigenvalue weighted by molar-refractivity contribution is 5.82. The summed E-state index contributed by atoms with van der Waals surface area (Å²) in [6.45, 7) is 6.68. The molecule has 0 saturated heterocycles. The Bertz CT molecular complexity index is 941. The number of aromatic nitrogens is 2. The number of halogens is 3. The smallest absolute Gasteiger partial charge is 0.390 e. The molecule has 0 aromatic carbocycles. The van der Waals surface area contributed by atoms with Crippen molar-refractivity contribution in [3.05, 3.63) is 18.0 Å². The summed E-state index contributed by atoms with van der Waals surface area (Å²) in [5.74, 6) is 2.25. The van der Waals surface area contributed by atoms with Crippen molar-refractivity contribution in [3.8, 4) is 0 Å². The molecule has 0 aliphatic heterocycles. The fourth-order valence-electron chi connectivity index (χ4n) is 9.03. The largest absolute Gasteiger partial charge is 0.419 e. The zero-order valence-electron chi connectivity index (χ0n) is 20.7. The third-order valence-corrected chi connectivity index (χ3v) is 10.9. The molecule has 4 fully saturated rings. The maximum atomic E-state index is 13.4. The van der Waals surface area contributed by atoms with Crippen LogP contribution >= 0.6 is 0 Å². The highest BCUT2D eigenvalue weighted by Crippen LogP contribution is 2.67. The van der Waals surface area contributed by atoms with Crippen LogP contribution < -0.4 is 0 Å². The lowest BCUT2D eigenvalue weighted by molar-refractivity contribution is -0.138.